The number of methoxy groups -OCH3 is 1. The van der Waals surface area contributed by atoms with Crippen LogP contribution in [0, 0.1) is 11.3 Å². The van der Waals surface area contributed by atoms with Crippen molar-refractivity contribution in [3.05, 3.63) is 58.1 Å². The molecule has 0 aromatic heterocycles. The highest BCUT2D eigenvalue weighted by Gasteiger charge is 2.19. The third-order valence-electron chi connectivity index (χ3n) is 2.91. The number of hydrogen-bond donors (Lipinski definition) is 0. The Balaban J connectivity index is 2.38. The van der Waals surface area contributed by atoms with Crippen LogP contribution in [0.25, 0.3) is 0 Å². The molecule has 0 aliphatic rings. The Labute approximate surface area is 132 Å². The lowest BCUT2D eigenvalue weighted by molar-refractivity contribution is 0.413. The number of benzene rings is 2. The van der Waals surface area contributed by atoms with Crippen LogP contribution < -0.4 is 4.74 Å². The van der Waals surface area contributed by atoms with Crippen LogP contribution in [0.2, 0.25) is 0 Å². The molecule has 0 fully saturated rings. The van der Waals surface area contributed by atoms with Gasteiger partial charge in [0.1, 0.15) is 11.8 Å². The second-order valence-electron chi connectivity index (χ2n) is 4.34. The van der Waals surface area contributed by atoms with Crippen molar-refractivity contribution in [3.8, 4) is 11.8 Å². The highest BCUT2D eigenvalue weighted by Crippen LogP contribution is 2.26. The topological polar surface area (TPSA) is 67.2 Å². The van der Waals surface area contributed by atoms with Gasteiger partial charge in [0.25, 0.3) is 0 Å². The Kier molecular flexibility index (Phi) is 4.66. The molecule has 6 heteroatoms. The Morgan fingerprint density at radius 3 is 2.57 bits per heavy atom. The first-order chi connectivity index (χ1) is 9.97. The fourth-order valence-corrected chi connectivity index (χ4v) is 4.36. The lowest BCUT2D eigenvalue weighted by Gasteiger charge is -2.09. The van der Waals surface area contributed by atoms with Crippen molar-refractivity contribution < 1.29 is 13.2 Å². The third-order valence-corrected chi connectivity index (χ3v) is 5.61. The smallest absolute Gasteiger partial charge is 0.183 e. The number of hydrogen-bond acceptors (Lipinski definition) is 4. The van der Waals surface area contributed by atoms with Crippen molar-refractivity contribution in [2.45, 2.75) is 10.6 Å². The first-order valence-corrected chi connectivity index (χ1v) is 8.47. The predicted molar refractivity (Wildman–Crippen MR) is 82.7 cm³/mol. The van der Waals surface area contributed by atoms with Gasteiger partial charge >= 0.3 is 0 Å². The summed E-state index contributed by atoms with van der Waals surface area (Å²) in [6.45, 7) is 0. The van der Waals surface area contributed by atoms with Crippen molar-refractivity contribution in [2.24, 2.45) is 0 Å². The quantitative estimate of drug-likeness (QED) is 0.833. The first-order valence-electron chi connectivity index (χ1n) is 6.02. The number of ether oxygens (including phenoxy) is 1. The predicted octanol–water partition coefficient (Wildman–Crippen LogP) is 3.30. The number of rotatable bonds is 4. The molecule has 0 N–H and O–H groups in total. The van der Waals surface area contributed by atoms with Gasteiger partial charge in [-0.3, -0.25) is 0 Å². The molecule has 0 atom stereocenters. The van der Waals surface area contributed by atoms with E-state index in [9.17, 15) is 8.42 Å². The normalized spacial score (nSPS) is 10.9. The third kappa shape index (κ3) is 3.43. The first kappa shape index (κ1) is 15.5. The lowest BCUT2D eigenvalue weighted by Crippen LogP contribution is -2.06. The minimum atomic E-state index is -3.47. The van der Waals surface area contributed by atoms with Crippen LogP contribution in [0.15, 0.2) is 51.8 Å². The summed E-state index contributed by atoms with van der Waals surface area (Å²) in [5.41, 5.74) is 0.946. The summed E-state index contributed by atoms with van der Waals surface area (Å²) in [7, 11) is -2.03. The Bertz CT molecular complexity index is 810. The molecule has 0 unspecified atom stereocenters. The molecular weight excluding hydrogens is 354 g/mol. The van der Waals surface area contributed by atoms with Crippen molar-refractivity contribution in [2.75, 3.05) is 7.11 Å². The van der Waals surface area contributed by atoms with Crippen LogP contribution >= 0.6 is 15.9 Å². The molecule has 2 aromatic carbocycles. The van der Waals surface area contributed by atoms with Crippen molar-refractivity contribution in [3.63, 3.8) is 0 Å². The lowest BCUT2D eigenvalue weighted by atomic mass is 10.1. The van der Waals surface area contributed by atoms with E-state index in [0.29, 0.717) is 21.3 Å². The van der Waals surface area contributed by atoms with Gasteiger partial charge in [0.15, 0.2) is 9.84 Å². The average molecular weight is 366 g/mol. The molecule has 0 radical (unpaired) electrons. The zero-order valence-corrected chi connectivity index (χ0v) is 13.6. The summed E-state index contributed by atoms with van der Waals surface area (Å²) in [4.78, 5) is 0.244. The molecule has 0 bridgehead atoms. The molecule has 0 saturated carbocycles. The van der Waals surface area contributed by atoms with Gasteiger partial charge in [-0.1, -0.05) is 18.2 Å². The van der Waals surface area contributed by atoms with Crippen LogP contribution in [0.3, 0.4) is 0 Å². The van der Waals surface area contributed by atoms with E-state index in [1.165, 1.54) is 7.11 Å². The number of sulfone groups is 1. The Morgan fingerprint density at radius 2 is 1.95 bits per heavy atom. The SMILES string of the molecule is COc1cc(CS(=O)(=O)c2ccccc2Br)ccc1C#N. The maximum atomic E-state index is 12.4. The van der Waals surface area contributed by atoms with Crippen LogP contribution in [-0.2, 0) is 15.6 Å². The van der Waals surface area contributed by atoms with E-state index in [-0.39, 0.29) is 10.6 Å². The van der Waals surface area contributed by atoms with Gasteiger partial charge in [0, 0.05) is 4.47 Å². The molecule has 2 aromatic rings. The zero-order chi connectivity index (χ0) is 15.5. The molecule has 21 heavy (non-hydrogen) atoms. The van der Waals surface area contributed by atoms with Gasteiger partial charge in [-0.05, 0) is 45.8 Å². The van der Waals surface area contributed by atoms with E-state index in [4.69, 9.17) is 10.00 Å². The summed E-state index contributed by atoms with van der Waals surface area (Å²) < 4.78 is 30.5. The highest BCUT2D eigenvalue weighted by molar-refractivity contribution is 9.10. The molecular formula is C15H12BrNO3S. The van der Waals surface area contributed by atoms with Crippen LogP contribution in [0.5, 0.6) is 5.75 Å². The van der Waals surface area contributed by atoms with E-state index in [1.54, 1.807) is 42.5 Å². The molecule has 0 spiro atoms. The molecule has 0 amide bonds. The summed E-state index contributed by atoms with van der Waals surface area (Å²) in [6, 6.07) is 13.4. The van der Waals surface area contributed by atoms with Gasteiger partial charge in [-0.2, -0.15) is 5.26 Å². The maximum absolute atomic E-state index is 12.4. The molecule has 0 saturated heterocycles. The van der Waals surface area contributed by atoms with Crippen molar-refractivity contribution in [1.82, 2.24) is 0 Å². The van der Waals surface area contributed by atoms with Crippen LogP contribution in [0.4, 0.5) is 0 Å². The number of halogens is 1. The van der Waals surface area contributed by atoms with Crippen LogP contribution in [0.1, 0.15) is 11.1 Å². The maximum Gasteiger partial charge on any atom is 0.183 e. The molecule has 0 aliphatic carbocycles. The highest BCUT2D eigenvalue weighted by atomic mass is 79.9. The van der Waals surface area contributed by atoms with Gasteiger partial charge in [0.05, 0.1) is 23.3 Å². The van der Waals surface area contributed by atoms with E-state index in [2.05, 4.69) is 15.9 Å². The van der Waals surface area contributed by atoms with E-state index in [1.807, 2.05) is 6.07 Å². The van der Waals surface area contributed by atoms with Crippen LogP contribution in [-0.4, -0.2) is 15.5 Å². The zero-order valence-electron chi connectivity index (χ0n) is 11.2. The standard InChI is InChI=1S/C15H12BrNO3S/c1-20-14-8-11(6-7-12(14)9-17)10-21(18,19)15-5-3-2-4-13(15)16/h2-8H,10H2,1H3. The fourth-order valence-electron chi connectivity index (χ4n) is 1.91. The molecule has 4 nitrogen and oxygen atoms in total. The molecule has 0 aliphatic heterocycles. The van der Waals surface area contributed by atoms with E-state index < -0.39 is 9.84 Å². The minimum Gasteiger partial charge on any atom is -0.495 e. The molecule has 0 heterocycles. The fraction of sp³-hybridized carbons (Fsp3) is 0.133. The molecule has 108 valence electrons. The second-order valence-corrected chi connectivity index (χ2v) is 7.15. The van der Waals surface area contributed by atoms with Crippen molar-refractivity contribution in [1.29, 1.82) is 5.26 Å². The van der Waals surface area contributed by atoms with Crippen molar-refractivity contribution >= 4 is 25.8 Å². The monoisotopic (exact) mass is 365 g/mol. The summed E-state index contributed by atoms with van der Waals surface area (Å²) in [6.07, 6.45) is 0. The Hall–Kier alpha value is -1.84. The van der Waals surface area contributed by atoms with E-state index in [0.717, 1.165) is 0 Å². The van der Waals surface area contributed by atoms with Gasteiger partial charge in [-0.15, -0.1) is 0 Å². The second kappa shape index (κ2) is 6.29. The minimum absolute atomic E-state index is 0.155. The average Bonchev–Trinajstić information content (AvgIpc) is 2.47. The molecule has 2 rings (SSSR count). The Morgan fingerprint density at radius 1 is 1.24 bits per heavy atom. The number of nitriles is 1. The summed E-state index contributed by atoms with van der Waals surface area (Å²) in [5, 5.41) is 8.93. The summed E-state index contributed by atoms with van der Waals surface area (Å²) in [5.74, 6) is 0.217. The van der Waals surface area contributed by atoms with Gasteiger partial charge in [0.2, 0.25) is 0 Å². The van der Waals surface area contributed by atoms with E-state index >= 15 is 0 Å². The summed E-state index contributed by atoms with van der Waals surface area (Å²) >= 11 is 3.25. The van der Waals surface area contributed by atoms with Gasteiger partial charge in [-0.25, -0.2) is 8.42 Å². The largest absolute Gasteiger partial charge is 0.495 e. The number of nitrogens with zero attached hydrogens (tertiary/aromatic N) is 1. The van der Waals surface area contributed by atoms with Gasteiger partial charge < -0.3 is 4.74 Å².